The summed E-state index contributed by atoms with van der Waals surface area (Å²) in [5.41, 5.74) is 9.80. The van der Waals surface area contributed by atoms with Crippen LogP contribution in [0.3, 0.4) is 0 Å². The molecule has 0 bridgehead atoms. The van der Waals surface area contributed by atoms with Crippen molar-refractivity contribution in [2.75, 3.05) is 0 Å². The zero-order chi connectivity index (χ0) is 24.8. The second-order valence-electron chi connectivity index (χ2n) is 10.1. The van der Waals surface area contributed by atoms with E-state index in [2.05, 4.69) is 129 Å². The van der Waals surface area contributed by atoms with Gasteiger partial charge in [0.05, 0.1) is 27.6 Å². The molecule has 0 saturated carbocycles. The molecular weight excluding hydrogens is 462 g/mol. The van der Waals surface area contributed by atoms with Crippen LogP contribution in [0.2, 0.25) is 0 Å². The molecule has 9 rings (SSSR count). The van der Waals surface area contributed by atoms with Crippen molar-refractivity contribution < 1.29 is 0 Å². The van der Waals surface area contributed by atoms with Crippen molar-refractivity contribution in [2.45, 2.75) is 0 Å². The predicted octanol–water partition coefficient (Wildman–Crippen LogP) is 9.00. The fourth-order valence-corrected chi connectivity index (χ4v) is 6.52. The zero-order valence-corrected chi connectivity index (χ0v) is 20.5. The topological polar surface area (TPSA) is 22.2 Å². The van der Waals surface area contributed by atoms with Crippen molar-refractivity contribution in [1.29, 1.82) is 0 Å². The third-order valence-corrected chi connectivity index (χ3v) is 8.12. The summed E-state index contributed by atoms with van der Waals surface area (Å²) in [6, 6.07) is 41.8. The molecule has 4 heterocycles. The van der Waals surface area contributed by atoms with Crippen LogP contribution in [0.4, 0.5) is 0 Å². The van der Waals surface area contributed by atoms with Crippen LogP contribution in [0.1, 0.15) is 0 Å². The standard InChI is InChI=1S/C35H21N3/c1-2-8-24(9-3-1)37-33-15-14-22(18-27(33)30-21-36-17-16-34(30)37)23-19-28-25-10-4-6-12-31(25)38-32-13-7-5-11-26(32)29(20-23)35(28)38/h1-21H. The van der Waals surface area contributed by atoms with Crippen molar-refractivity contribution >= 4 is 59.9 Å². The quantitative estimate of drug-likeness (QED) is 0.240. The Balaban J connectivity index is 1.38. The Hall–Kier alpha value is -5.15. The molecule has 0 N–H and O–H groups in total. The van der Waals surface area contributed by atoms with Crippen molar-refractivity contribution in [2.24, 2.45) is 0 Å². The van der Waals surface area contributed by atoms with Crippen LogP contribution in [0.25, 0.3) is 76.7 Å². The third-order valence-electron chi connectivity index (χ3n) is 8.12. The van der Waals surface area contributed by atoms with Gasteiger partial charge in [-0.2, -0.15) is 0 Å². The minimum absolute atomic E-state index is 1.16. The fraction of sp³-hybridized carbons (Fsp3) is 0. The first-order valence-electron chi connectivity index (χ1n) is 13.0. The van der Waals surface area contributed by atoms with E-state index in [1.807, 2.05) is 12.4 Å². The molecule has 0 radical (unpaired) electrons. The van der Waals surface area contributed by atoms with Crippen molar-refractivity contribution in [3.63, 3.8) is 0 Å². The van der Waals surface area contributed by atoms with E-state index in [9.17, 15) is 0 Å². The highest BCUT2D eigenvalue weighted by Gasteiger charge is 2.19. The molecular formula is C35H21N3. The van der Waals surface area contributed by atoms with E-state index in [0.29, 0.717) is 0 Å². The molecule has 0 atom stereocenters. The Morgan fingerprint density at radius 3 is 1.82 bits per heavy atom. The van der Waals surface area contributed by atoms with Crippen LogP contribution in [0, 0.1) is 0 Å². The van der Waals surface area contributed by atoms with E-state index in [-0.39, 0.29) is 0 Å². The Bertz CT molecular complexity index is 2250. The average Bonchev–Trinajstić information content (AvgIpc) is 3.62. The first kappa shape index (κ1) is 20.0. The minimum Gasteiger partial charge on any atom is -0.309 e. The van der Waals surface area contributed by atoms with Crippen LogP contribution in [0.5, 0.6) is 0 Å². The van der Waals surface area contributed by atoms with E-state index < -0.39 is 0 Å². The van der Waals surface area contributed by atoms with E-state index in [0.717, 1.165) is 5.69 Å². The highest BCUT2D eigenvalue weighted by atomic mass is 15.0. The molecule has 0 fully saturated rings. The molecule has 0 aliphatic carbocycles. The van der Waals surface area contributed by atoms with Crippen LogP contribution in [0.15, 0.2) is 128 Å². The number of hydrogen-bond acceptors (Lipinski definition) is 1. The maximum Gasteiger partial charge on any atom is 0.0620 e. The lowest BCUT2D eigenvalue weighted by molar-refractivity contribution is 1.17. The molecule has 4 aromatic heterocycles. The van der Waals surface area contributed by atoms with Crippen LogP contribution in [-0.2, 0) is 0 Å². The molecule has 9 aromatic rings. The molecule has 0 aliphatic rings. The normalized spacial score (nSPS) is 12.2. The Kier molecular flexibility index (Phi) is 3.79. The van der Waals surface area contributed by atoms with Gasteiger partial charge in [-0.1, -0.05) is 60.7 Å². The molecule has 176 valence electrons. The smallest absolute Gasteiger partial charge is 0.0620 e. The summed E-state index contributed by atoms with van der Waals surface area (Å²) in [6.07, 6.45) is 3.87. The summed E-state index contributed by atoms with van der Waals surface area (Å²) >= 11 is 0. The summed E-state index contributed by atoms with van der Waals surface area (Å²) in [4.78, 5) is 4.48. The monoisotopic (exact) mass is 483 g/mol. The van der Waals surface area contributed by atoms with Gasteiger partial charge in [-0.25, -0.2) is 0 Å². The summed E-state index contributed by atoms with van der Waals surface area (Å²) in [5.74, 6) is 0. The maximum absolute atomic E-state index is 4.48. The van der Waals surface area contributed by atoms with Gasteiger partial charge in [0, 0.05) is 50.4 Å². The first-order chi connectivity index (χ1) is 18.9. The van der Waals surface area contributed by atoms with E-state index in [4.69, 9.17) is 0 Å². The first-order valence-corrected chi connectivity index (χ1v) is 13.0. The van der Waals surface area contributed by atoms with Gasteiger partial charge in [0.25, 0.3) is 0 Å². The predicted molar refractivity (Wildman–Crippen MR) is 159 cm³/mol. The van der Waals surface area contributed by atoms with Crippen LogP contribution >= 0.6 is 0 Å². The Morgan fingerprint density at radius 1 is 0.447 bits per heavy atom. The second kappa shape index (κ2) is 7.21. The van der Waals surface area contributed by atoms with Gasteiger partial charge in [-0.15, -0.1) is 0 Å². The number of rotatable bonds is 2. The summed E-state index contributed by atoms with van der Waals surface area (Å²) in [6.45, 7) is 0. The molecule has 0 saturated heterocycles. The van der Waals surface area contributed by atoms with Gasteiger partial charge in [0.2, 0.25) is 0 Å². The van der Waals surface area contributed by atoms with Crippen molar-refractivity contribution in [1.82, 2.24) is 14.0 Å². The van der Waals surface area contributed by atoms with Crippen LogP contribution < -0.4 is 0 Å². The van der Waals surface area contributed by atoms with Crippen molar-refractivity contribution in [3.05, 3.63) is 128 Å². The lowest BCUT2D eigenvalue weighted by Crippen LogP contribution is -1.93. The van der Waals surface area contributed by atoms with Crippen LogP contribution in [-0.4, -0.2) is 14.0 Å². The number of fused-ring (bicyclic) bond motifs is 9. The lowest BCUT2D eigenvalue weighted by Gasteiger charge is -2.08. The molecule has 5 aromatic carbocycles. The van der Waals surface area contributed by atoms with E-state index in [1.54, 1.807) is 0 Å². The fourth-order valence-electron chi connectivity index (χ4n) is 6.52. The molecule has 0 amide bonds. The number of nitrogens with zero attached hydrogens (tertiary/aromatic N) is 3. The van der Waals surface area contributed by atoms with Gasteiger partial charge in [0.15, 0.2) is 0 Å². The largest absolute Gasteiger partial charge is 0.309 e. The molecule has 3 heteroatoms. The van der Waals surface area contributed by atoms with Crippen molar-refractivity contribution in [3.8, 4) is 16.8 Å². The Labute approximate surface area is 218 Å². The van der Waals surface area contributed by atoms with Gasteiger partial charge in [-0.3, -0.25) is 4.98 Å². The third kappa shape index (κ3) is 2.50. The number of benzene rings is 5. The number of aromatic nitrogens is 3. The van der Waals surface area contributed by atoms with E-state index in [1.165, 1.54) is 71.0 Å². The Morgan fingerprint density at radius 2 is 1.08 bits per heavy atom. The van der Waals surface area contributed by atoms with Gasteiger partial charge >= 0.3 is 0 Å². The molecule has 3 nitrogen and oxygen atoms in total. The molecule has 0 unspecified atom stereocenters. The highest BCUT2D eigenvalue weighted by Crippen LogP contribution is 2.42. The van der Waals surface area contributed by atoms with Gasteiger partial charge in [-0.05, 0) is 65.7 Å². The van der Waals surface area contributed by atoms with Gasteiger partial charge in [0.1, 0.15) is 0 Å². The highest BCUT2D eigenvalue weighted by molar-refractivity contribution is 6.24. The summed E-state index contributed by atoms with van der Waals surface area (Å²) in [5, 5.41) is 7.59. The number of hydrogen-bond donors (Lipinski definition) is 0. The number of pyridine rings is 1. The minimum atomic E-state index is 1.16. The van der Waals surface area contributed by atoms with Gasteiger partial charge < -0.3 is 8.97 Å². The molecule has 38 heavy (non-hydrogen) atoms. The zero-order valence-electron chi connectivity index (χ0n) is 20.5. The van der Waals surface area contributed by atoms with E-state index >= 15 is 0 Å². The maximum atomic E-state index is 4.48. The molecule has 0 aliphatic heterocycles. The summed E-state index contributed by atoms with van der Waals surface area (Å²) in [7, 11) is 0. The summed E-state index contributed by atoms with van der Waals surface area (Å²) < 4.78 is 4.77. The number of para-hydroxylation sites is 3. The SMILES string of the molecule is c1ccc(-n2c3ccncc3c3cc(-c4cc5c6ccccc6n6c7ccccc7c(c4)c56)ccc32)cc1. The average molecular weight is 484 g/mol. The second-order valence-corrected chi connectivity index (χ2v) is 10.1. The lowest BCUT2D eigenvalue weighted by atomic mass is 9.98. The molecule has 0 spiro atoms.